The summed E-state index contributed by atoms with van der Waals surface area (Å²) >= 11 is 0. The monoisotopic (exact) mass is 434 g/mol. The van der Waals surface area contributed by atoms with E-state index in [1.165, 1.54) is 0 Å². The summed E-state index contributed by atoms with van der Waals surface area (Å²) in [6.45, 7) is 8.84. The van der Waals surface area contributed by atoms with E-state index in [9.17, 15) is 29.4 Å². The minimum Gasteiger partial charge on any atom is -0.480 e. The predicted molar refractivity (Wildman–Crippen MR) is 110 cm³/mol. The Balaban J connectivity index is 0. The molecule has 0 bridgehead atoms. The molecular weight excluding hydrogens is 396 g/mol. The van der Waals surface area contributed by atoms with Crippen molar-refractivity contribution in [1.29, 1.82) is 0 Å². The first-order valence-corrected chi connectivity index (χ1v) is 10.3. The zero-order valence-electron chi connectivity index (χ0n) is 18.6. The smallest absolute Gasteiger partial charge is 0.325 e. The van der Waals surface area contributed by atoms with Crippen LogP contribution in [-0.2, 0) is 23.9 Å². The Hall–Kier alpha value is -2.20. The molecule has 0 aromatic heterocycles. The lowest BCUT2D eigenvalue weighted by molar-refractivity contribution is -0.144. The highest BCUT2D eigenvalue weighted by molar-refractivity contribution is 5.85. The number of amides is 2. The molecule has 0 fully saturated rings. The zero-order chi connectivity index (χ0) is 23.7. The molecule has 176 valence electrons. The van der Waals surface area contributed by atoms with Crippen molar-refractivity contribution in [2.24, 2.45) is 11.8 Å². The summed E-state index contributed by atoms with van der Waals surface area (Å²) in [6, 6.07) is 0. The maximum absolute atomic E-state index is 11.4. The van der Waals surface area contributed by atoms with E-state index in [4.69, 9.17) is 5.11 Å². The van der Waals surface area contributed by atoms with Crippen LogP contribution in [0.3, 0.4) is 0 Å². The van der Waals surface area contributed by atoms with Crippen LogP contribution in [0.4, 0.5) is 0 Å². The highest BCUT2D eigenvalue weighted by Crippen LogP contribution is 2.11. The number of esters is 1. The fourth-order valence-corrected chi connectivity index (χ4v) is 2.49. The van der Waals surface area contributed by atoms with Gasteiger partial charge in [-0.1, -0.05) is 40.5 Å². The van der Waals surface area contributed by atoms with Gasteiger partial charge >= 0.3 is 11.9 Å². The van der Waals surface area contributed by atoms with Crippen molar-refractivity contribution < 1.29 is 39.2 Å². The number of nitrogens with one attached hydrogen (secondary N) is 2. The highest BCUT2D eigenvalue weighted by atomic mass is 16.5. The van der Waals surface area contributed by atoms with Crippen LogP contribution in [0.25, 0.3) is 0 Å². The van der Waals surface area contributed by atoms with Gasteiger partial charge in [0, 0.05) is 0 Å². The molecule has 10 nitrogen and oxygen atoms in total. The van der Waals surface area contributed by atoms with Gasteiger partial charge in [0.2, 0.25) is 11.8 Å². The van der Waals surface area contributed by atoms with E-state index in [1.807, 2.05) is 13.8 Å². The third kappa shape index (κ3) is 14.7. The van der Waals surface area contributed by atoms with E-state index in [1.54, 1.807) is 20.8 Å². The van der Waals surface area contributed by atoms with Crippen LogP contribution in [0.2, 0.25) is 0 Å². The van der Waals surface area contributed by atoms with Crippen molar-refractivity contribution in [3.05, 3.63) is 0 Å². The molecule has 4 unspecified atom stereocenters. The minimum atomic E-state index is -1.12. The van der Waals surface area contributed by atoms with Crippen LogP contribution >= 0.6 is 0 Å². The lowest BCUT2D eigenvalue weighted by Gasteiger charge is -2.17. The van der Waals surface area contributed by atoms with Crippen LogP contribution in [0.15, 0.2) is 0 Å². The molecule has 0 aromatic rings. The zero-order valence-corrected chi connectivity index (χ0v) is 18.6. The molecule has 0 saturated heterocycles. The van der Waals surface area contributed by atoms with Gasteiger partial charge in [0.25, 0.3) is 0 Å². The maximum atomic E-state index is 11.4. The van der Waals surface area contributed by atoms with Crippen molar-refractivity contribution in [2.45, 2.75) is 72.5 Å². The number of carboxylic acid groups (broad SMARTS) is 1. The number of carboxylic acids is 1. The van der Waals surface area contributed by atoms with Gasteiger partial charge in [-0.25, -0.2) is 0 Å². The maximum Gasteiger partial charge on any atom is 0.325 e. The summed E-state index contributed by atoms with van der Waals surface area (Å²) in [5.41, 5.74) is 0. The number of hydrogen-bond donors (Lipinski definition) is 5. The summed E-state index contributed by atoms with van der Waals surface area (Å²) in [6.07, 6.45) is 1.12. The molecule has 0 spiro atoms. The third-order valence-corrected chi connectivity index (χ3v) is 4.23. The first kappa shape index (κ1) is 30.0. The van der Waals surface area contributed by atoms with Crippen LogP contribution in [0.5, 0.6) is 0 Å². The van der Waals surface area contributed by atoms with Gasteiger partial charge in [-0.15, -0.1) is 0 Å². The van der Waals surface area contributed by atoms with Gasteiger partial charge in [-0.3, -0.25) is 19.2 Å². The Morgan fingerprint density at radius 2 is 1.20 bits per heavy atom. The van der Waals surface area contributed by atoms with Gasteiger partial charge in [0.05, 0.1) is 6.61 Å². The van der Waals surface area contributed by atoms with Crippen molar-refractivity contribution in [3.8, 4) is 0 Å². The number of aliphatic hydroxyl groups is 2. The normalized spacial score (nSPS) is 14.2. The van der Waals surface area contributed by atoms with Crippen LogP contribution in [-0.4, -0.2) is 71.0 Å². The molecule has 0 radical (unpaired) electrons. The van der Waals surface area contributed by atoms with E-state index >= 15 is 0 Å². The predicted octanol–water partition coefficient (Wildman–Crippen LogP) is 0.447. The Kier molecular flexibility index (Phi) is 17.6. The lowest BCUT2D eigenvalue weighted by Crippen LogP contribution is -2.41. The van der Waals surface area contributed by atoms with Crippen molar-refractivity contribution >= 4 is 23.8 Å². The van der Waals surface area contributed by atoms with E-state index < -0.39 is 42.5 Å². The number of carbonyl (C=O) groups excluding carboxylic acids is 3. The molecule has 30 heavy (non-hydrogen) atoms. The van der Waals surface area contributed by atoms with E-state index in [0.29, 0.717) is 0 Å². The summed E-state index contributed by atoms with van der Waals surface area (Å²) < 4.78 is 4.64. The Bertz CT molecular complexity index is 527. The Morgan fingerprint density at radius 1 is 0.800 bits per heavy atom. The number of aliphatic carboxylic acids is 1. The van der Waals surface area contributed by atoms with Crippen molar-refractivity contribution in [2.75, 3.05) is 19.7 Å². The largest absolute Gasteiger partial charge is 0.480 e. The van der Waals surface area contributed by atoms with Crippen molar-refractivity contribution in [1.82, 2.24) is 10.6 Å². The first-order valence-electron chi connectivity index (χ1n) is 10.3. The molecular formula is C20H38N2O8. The minimum absolute atomic E-state index is 0.104. The average Bonchev–Trinajstić information content (AvgIpc) is 2.70. The molecule has 0 rings (SSSR count). The van der Waals surface area contributed by atoms with Gasteiger partial charge in [-0.05, 0) is 31.6 Å². The molecule has 0 saturated carbocycles. The number of hydrogen-bond acceptors (Lipinski definition) is 7. The topological polar surface area (TPSA) is 162 Å². The molecule has 0 aliphatic heterocycles. The second kappa shape index (κ2) is 17.6. The van der Waals surface area contributed by atoms with E-state index in [2.05, 4.69) is 15.4 Å². The summed E-state index contributed by atoms with van der Waals surface area (Å²) in [4.78, 5) is 43.6. The van der Waals surface area contributed by atoms with E-state index in [0.717, 1.165) is 25.7 Å². The number of ether oxygens (including phenoxy) is 1. The second-order valence-electron chi connectivity index (χ2n) is 7.06. The summed E-state index contributed by atoms with van der Waals surface area (Å²) in [7, 11) is 0. The molecule has 5 N–H and O–H groups in total. The van der Waals surface area contributed by atoms with Gasteiger partial charge in [0.15, 0.2) is 0 Å². The fourth-order valence-electron chi connectivity index (χ4n) is 2.49. The number of aliphatic hydroxyl groups excluding tert-OH is 2. The number of carbonyl (C=O) groups is 4. The van der Waals surface area contributed by atoms with Gasteiger partial charge in [0.1, 0.15) is 25.3 Å². The Labute approximate surface area is 178 Å². The van der Waals surface area contributed by atoms with Crippen LogP contribution < -0.4 is 10.6 Å². The van der Waals surface area contributed by atoms with Gasteiger partial charge in [-0.2, -0.15) is 0 Å². The fraction of sp³-hybridized carbons (Fsp3) is 0.800. The summed E-state index contributed by atoms with van der Waals surface area (Å²) in [5.74, 6) is -3.00. The van der Waals surface area contributed by atoms with Crippen molar-refractivity contribution in [3.63, 3.8) is 0 Å². The standard InChI is InChI=1S/C11H21NO4.C9H17NO4/c1-4-6-8(3)10(14)11(15)12-7-9(13)16-5-2;1-3-4-6(2)8(13)9(14)10-5-7(11)12/h8,10,14H,4-7H2,1-3H3,(H,12,15);6,8,13H,3-5H2,1-2H3,(H,10,14)(H,11,12). The second-order valence-corrected chi connectivity index (χ2v) is 7.06. The number of rotatable bonds is 13. The Morgan fingerprint density at radius 3 is 1.53 bits per heavy atom. The molecule has 2 amide bonds. The first-order chi connectivity index (χ1) is 14.0. The molecule has 0 heterocycles. The molecule has 10 heteroatoms. The summed E-state index contributed by atoms with van der Waals surface area (Å²) in [5, 5.41) is 31.8. The average molecular weight is 435 g/mol. The molecule has 0 aliphatic rings. The molecule has 0 aromatic carbocycles. The molecule has 0 aliphatic carbocycles. The third-order valence-electron chi connectivity index (χ3n) is 4.23. The highest BCUT2D eigenvalue weighted by Gasteiger charge is 2.22. The quantitative estimate of drug-likeness (QED) is 0.261. The lowest BCUT2D eigenvalue weighted by atomic mass is 9.99. The molecule has 4 atom stereocenters. The van der Waals surface area contributed by atoms with Crippen LogP contribution in [0, 0.1) is 11.8 Å². The SMILES string of the molecule is CCCC(C)C(O)C(=O)NCC(=O)O.CCCC(C)C(O)C(=O)NCC(=O)OCC. The van der Waals surface area contributed by atoms with E-state index in [-0.39, 0.29) is 25.0 Å². The van der Waals surface area contributed by atoms with Gasteiger partial charge < -0.3 is 30.7 Å². The van der Waals surface area contributed by atoms with Crippen LogP contribution in [0.1, 0.15) is 60.3 Å².